The number of hydrogen-bond donors (Lipinski definition) is 1. The monoisotopic (exact) mass is 152 g/mol. The van der Waals surface area contributed by atoms with Crippen LogP contribution in [0.5, 0.6) is 0 Å². The van der Waals surface area contributed by atoms with Crippen LogP contribution in [-0.2, 0) is 4.79 Å². The van der Waals surface area contributed by atoms with Crippen molar-refractivity contribution in [3.05, 3.63) is 24.3 Å². The Kier molecular flexibility index (Phi) is 2.60. The largest absolute Gasteiger partial charge is 0.389 e. The molecule has 11 heavy (non-hydrogen) atoms. The molecule has 0 spiro atoms. The highest BCUT2D eigenvalue weighted by Gasteiger charge is 2.20. The van der Waals surface area contributed by atoms with Gasteiger partial charge in [-0.2, -0.15) is 0 Å². The van der Waals surface area contributed by atoms with Gasteiger partial charge in [0, 0.05) is 6.42 Å². The van der Waals surface area contributed by atoms with E-state index in [9.17, 15) is 4.79 Å². The van der Waals surface area contributed by atoms with Gasteiger partial charge in [0.1, 0.15) is 0 Å². The Bertz CT molecular complexity index is 204. The number of hydrogen-bond acceptors (Lipinski definition) is 2. The zero-order chi connectivity index (χ0) is 8.27. The number of carbonyl (C=O) groups is 1. The summed E-state index contributed by atoms with van der Waals surface area (Å²) in [6, 6.07) is 0. The van der Waals surface area contributed by atoms with Crippen molar-refractivity contribution in [2.75, 3.05) is 0 Å². The van der Waals surface area contributed by atoms with E-state index in [-0.39, 0.29) is 12.2 Å². The summed E-state index contributed by atoms with van der Waals surface area (Å²) in [4.78, 5) is 11.0. The highest BCUT2D eigenvalue weighted by Crippen LogP contribution is 2.18. The highest BCUT2D eigenvalue weighted by molar-refractivity contribution is 5.98. The van der Waals surface area contributed by atoms with E-state index in [4.69, 9.17) is 5.11 Å². The van der Waals surface area contributed by atoms with Gasteiger partial charge in [-0.25, -0.2) is 0 Å². The maximum atomic E-state index is 11.0. The van der Waals surface area contributed by atoms with Crippen molar-refractivity contribution in [1.82, 2.24) is 0 Å². The number of aliphatic hydroxyl groups is 1. The number of allylic oxidation sites excluding steroid dienone is 2. The Labute approximate surface area is 66.2 Å². The molecule has 0 heterocycles. The summed E-state index contributed by atoms with van der Waals surface area (Å²) in [5.74, 6) is 0.0827. The van der Waals surface area contributed by atoms with E-state index in [1.165, 1.54) is 0 Å². The second-order valence-electron chi connectivity index (χ2n) is 2.71. The van der Waals surface area contributed by atoms with E-state index >= 15 is 0 Å². The first-order chi connectivity index (χ1) is 5.24. The summed E-state index contributed by atoms with van der Waals surface area (Å²) < 4.78 is 0. The molecule has 1 rings (SSSR count). The quantitative estimate of drug-likeness (QED) is 0.617. The van der Waals surface area contributed by atoms with Crippen LogP contribution in [0, 0.1) is 0 Å². The Morgan fingerprint density at radius 2 is 2.55 bits per heavy atom. The maximum absolute atomic E-state index is 11.0. The van der Waals surface area contributed by atoms with Crippen LogP contribution in [0.2, 0.25) is 0 Å². The molecule has 0 radical (unpaired) electrons. The fraction of sp³-hybridized carbons (Fsp3) is 0.444. The summed E-state index contributed by atoms with van der Waals surface area (Å²) >= 11 is 0. The van der Waals surface area contributed by atoms with E-state index in [2.05, 4.69) is 6.58 Å². The van der Waals surface area contributed by atoms with Crippen LogP contribution in [0.15, 0.2) is 24.3 Å². The zero-order valence-electron chi connectivity index (χ0n) is 6.42. The SMILES string of the molecule is C=CCCC1=CC(O)CC1=O. The van der Waals surface area contributed by atoms with Gasteiger partial charge in [-0.15, -0.1) is 6.58 Å². The van der Waals surface area contributed by atoms with Crippen molar-refractivity contribution >= 4 is 5.78 Å². The molecule has 0 amide bonds. The van der Waals surface area contributed by atoms with Crippen LogP contribution in [-0.4, -0.2) is 17.0 Å². The molecule has 0 aromatic heterocycles. The Balaban J connectivity index is 2.49. The van der Waals surface area contributed by atoms with Crippen LogP contribution in [0.3, 0.4) is 0 Å². The van der Waals surface area contributed by atoms with E-state index in [0.29, 0.717) is 0 Å². The third kappa shape index (κ3) is 2.02. The first-order valence-electron chi connectivity index (χ1n) is 3.77. The maximum Gasteiger partial charge on any atom is 0.161 e. The standard InChI is InChI=1S/C9H12O2/c1-2-3-4-7-5-8(10)6-9(7)11/h2,5,8,10H,1,3-4,6H2. The molecule has 2 nitrogen and oxygen atoms in total. The Morgan fingerprint density at radius 1 is 1.82 bits per heavy atom. The van der Waals surface area contributed by atoms with E-state index in [1.54, 1.807) is 12.2 Å². The minimum absolute atomic E-state index is 0.0827. The van der Waals surface area contributed by atoms with Crippen LogP contribution in [0.1, 0.15) is 19.3 Å². The van der Waals surface area contributed by atoms with E-state index < -0.39 is 6.10 Å². The summed E-state index contributed by atoms with van der Waals surface area (Å²) in [6.07, 6.45) is 4.68. The van der Waals surface area contributed by atoms with Crippen molar-refractivity contribution < 1.29 is 9.90 Å². The minimum atomic E-state index is -0.540. The first kappa shape index (κ1) is 8.21. The summed E-state index contributed by atoms with van der Waals surface area (Å²) in [5, 5.41) is 9.05. The zero-order valence-corrected chi connectivity index (χ0v) is 6.42. The molecule has 0 saturated carbocycles. The lowest BCUT2D eigenvalue weighted by Crippen LogP contribution is -2.01. The Hall–Kier alpha value is -0.890. The topological polar surface area (TPSA) is 37.3 Å². The van der Waals surface area contributed by atoms with Crippen molar-refractivity contribution in [2.24, 2.45) is 0 Å². The van der Waals surface area contributed by atoms with Crippen molar-refractivity contribution in [2.45, 2.75) is 25.4 Å². The van der Waals surface area contributed by atoms with Crippen molar-refractivity contribution in [1.29, 1.82) is 0 Å². The lowest BCUT2D eigenvalue weighted by molar-refractivity contribution is -0.115. The average Bonchev–Trinajstić information content (AvgIpc) is 2.26. The molecule has 0 saturated heterocycles. The lowest BCUT2D eigenvalue weighted by Gasteiger charge is -1.94. The number of carbonyl (C=O) groups excluding carboxylic acids is 1. The van der Waals surface area contributed by atoms with Crippen molar-refractivity contribution in [3.8, 4) is 0 Å². The van der Waals surface area contributed by atoms with Gasteiger partial charge >= 0.3 is 0 Å². The fourth-order valence-corrected chi connectivity index (χ4v) is 1.19. The van der Waals surface area contributed by atoms with Gasteiger partial charge in [-0.1, -0.05) is 6.08 Å². The molecule has 0 aromatic carbocycles. The van der Waals surface area contributed by atoms with Gasteiger partial charge in [0.2, 0.25) is 0 Å². The van der Waals surface area contributed by atoms with Gasteiger partial charge < -0.3 is 5.11 Å². The molecule has 1 unspecified atom stereocenters. The molecule has 1 aliphatic rings. The van der Waals surface area contributed by atoms with Crippen LogP contribution in [0.25, 0.3) is 0 Å². The molecular formula is C9H12O2. The summed E-state index contributed by atoms with van der Waals surface area (Å²) in [7, 11) is 0. The van der Waals surface area contributed by atoms with Gasteiger partial charge in [0.25, 0.3) is 0 Å². The molecule has 0 bridgehead atoms. The van der Waals surface area contributed by atoms with Crippen LogP contribution >= 0.6 is 0 Å². The molecule has 1 aliphatic carbocycles. The number of ketones is 1. The molecule has 1 N–H and O–H groups in total. The molecule has 1 atom stereocenters. The molecular weight excluding hydrogens is 140 g/mol. The number of aliphatic hydroxyl groups excluding tert-OH is 1. The minimum Gasteiger partial charge on any atom is -0.389 e. The predicted octanol–water partition coefficient (Wildman–Crippen LogP) is 1.21. The second kappa shape index (κ2) is 3.49. The van der Waals surface area contributed by atoms with E-state index in [1.807, 2.05) is 0 Å². The van der Waals surface area contributed by atoms with Crippen LogP contribution < -0.4 is 0 Å². The number of Topliss-reactive ketones (excluding diaryl/α,β-unsaturated/α-hetero) is 1. The summed E-state index contributed by atoms with van der Waals surface area (Å²) in [5.41, 5.74) is 0.761. The first-order valence-corrected chi connectivity index (χ1v) is 3.77. The normalized spacial score (nSPS) is 23.5. The highest BCUT2D eigenvalue weighted by atomic mass is 16.3. The Morgan fingerprint density at radius 3 is 3.00 bits per heavy atom. The van der Waals surface area contributed by atoms with Gasteiger partial charge in [-0.05, 0) is 24.5 Å². The van der Waals surface area contributed by atoms with Crippen molar-refractivity contribution in [3.63, 3.8) is 0 Å². The molecule has 0 aliphatic heterocycles. The van der Waals surface area contributed by atoms with Crippen LogP contribution in [0.4, 0.5) is 0 Å². The molecule has 0 aromatic rings. The third-order valence-corrected chi connectivity index (χ3v) is 1.76. The van der Waals surface area contributed by atoms with Gasteiger partial charge in [-0.3, -0.25) is 4.79 Å². The molecule has 60 valence electrons. The molecule has 2 heteroatoms. The average molecular weight is 152 g/mol. The van der Waals surface area contributed by atoms with Gasteiger partial charge in [0.05, 0.1) is 6.10 Å². The molecule has 0 fully saturated rings. The van der Waals surface area contributed by atoms with Gasteiger partial charge in [0.15, 0.2) is 5.78 Å². The smallest absolute Gasteiger partial charge is 0.161 e. The second-order valence-corrected chi connectivity index (χ2v) is 2.71. The predicted molar refractivity (Wildman–Crippen MR) is 43.1 cm³/mol. The number of rotatable bonds is 3. The summed E-state index contributed by atoms with van der Waals surface area (Å²) in [6.45, 7) is 3.56. The fourth-order valence-electron chi connectivity index (χ4n) is 1.19. The lowest BCUT2D eigenvalue weighted by atomic mass is 10.1. The third-order valence-electron chi connectivity index (χ3n) is 1.76. The van der Waals surface area contributed by atoms with E-state index in [0.717, 1.165) is 18.4 Å².